The molecule has 1 heteroatoms. The number of hydrogen-bond acceptors (Lipinski definition) is 1. The van der Waals surface area contributed by atoms with Crippen molar-refractivity contribution in [1.82, 2.24) is 4.90 Å². The zero-order chi connectivity index (χ0) is 15.1. The molecule has 1 saturated heterocycles. The first-order chi connectivity index (χ1) is 9.76. The number of terminal acetylenes is 1. The predicted octanol–water partition coefficient (Wildman–Crippen LogP) is 3.31. The predicted molar refractivity (Wildman–Crippen MR) is 87.6 cm³/mol. The monoisotopic (exact) mass is 267 g/mol. The average molecular weight is 267 g/mol. The minimum absolute atomic E-state index is 0.857. The van der Waals surface area contributed by atoms with Gasteiger partial charge in [0.2, 0.25) is 0 Å². The molecule has 1 atom stereocenters. The van der Waals surface area contributed by atoms with E-state index in [4.69, 9.17) is 6.42 Å². The van der Waals surface area contributed by atoms with Crippen LogP contribution in [0.3, 0.4) is 0 Å². The summed E-state index contributed by atoms with van der Waals surface area (Å²) in [6.45, 7) is 9.03. The summed E-state index contributed by atoms with van der Waals surface area (Å²) in [7, 11) is 0. The normalized spacial score (nSPS) is 16.6. The van der Waals surface area contributed by atoms with E-state index in [-0.39, 0.29) is 0 Å². The number of hydrogen-bond donors (Lipinski definition) is 0. The molecule has 106 valence electrons. The highest BCUT2D eigenvalue weighted by atomic mass is 15.1. The summed E-state index contributed by atoms with van der Waals surface area (Å²) < 4.78 is 0. The van der Waals surface area contributed by atoms with Crippen LogP contribution >= 0.6 is 0 Å². The molecule has 0 saturated carbocycles. The van der Waals surface area contributed by atoms with Crippen LogP contribution in [0.1, 0.15) is 52.9 Å². The first kappa shape index (κ1) is 18.2. The first-order valence-electron chi connectivity index (χ1n) is 7.37. The maximum Gasteiger partial charge on any atom is 0.00669 e. The molecule has 0 aromatic carbocycles. The van der Waals surface area contributed by atoms with Crippen LogP contribution in [0.5, 0.6) is 0 Å². The number of unbranched alkanes of at least 4 members (excludes halogenated alkanes) is 1. The van der Waals surface area contributed by atoms with Gasteiger partial charge in [0.1, 0.15) is 0 Å². The molecule has 0 radical (unpaired) electrons. The van der Waals surface area contributed by atoms with Crippen LogP contribution in [-0.2, 0) is 0 Å². The molecule has 1 unspecified atom stereocenters. The van der Waals surface area contributed by atoms with Crippen LogP contribution in [0.2, 0.25) is 0 Å². The number of piperidine rings is 1. The van der Waals surface area contributed by atoms with Gasteiger partial charge in [-0.1, -0.05) is 25.7 Å². The highest BCUT2D eigenvalue weighted by Crippen LogP contribution is 2.16. The third-order valence-corrected chi connectivity index (χ3v) is 3.19. The second-order valence-corrected chi connectivity index (χ2v) is 4.75. The molecule has 1 aliphatic rings. The van der Waals surface area contributed by atoms with Crippen LogP contribution in [0.4, 0.5) is 0 Å². The fraction of sp³-hybridized carbons (Fsp3) is 0.579. The van der Waals surface area contributed by atoms with Gasteiger partial charge in [0.05, 0.1) is 0 Å². The zero-order valence-corrected chi connectivity index (χ0v) is 13.1. The topological polar surface area (TPSA) is 3.24 Å². The summed E-state index contributed by atoms with van der Waals surface area (Å²) in [5.41, 5.74) is 0. The van der Waals surface area contributed by atoms with Crippen molar-refractivity contribution in [3.63, 3.8) is 0 Å². The summed E-state index contributed by atoms with van der Waals surface area (Å²) in [5, 5.41) is 0. The van der Waals surface area contributed by atoms with Gasteiger partial charge in [-0.3, -0.25) is 0 Å². The second kappa shape index (κ2) is 13.6. The molecule has 1 fully saturated rings. The smallest absolute Gasteiger partial charge is 0.00669 e. The van der Waals surface area contributed by atoms with Crippen molar-refractivity contribution in [3.05, 3.63) is 0 Å². The van der Waals surface area contributed by atoms with Gasteiger partial charge < -0.3 is 4.90 Å². The molecule has 0 spiro atoms. The third kappa shape index (κ3) is 10.2. The van der Waals surface area contributed by atoms with E-state index in [9.17, 15) is 0 Å². The molecular weight excluding hydrogens is 242 g/mol. The Morgan fingerprint density at radius 1 is 1.10 bits per heavy atom. The fourth-order valence-electron chi connectivity index (χ4n) is 2.04. The maximum atomic E-state index is 4.82. The highest BCUT2D eigenvalue weighted by molar-refractivity contribution is 5.38. The standard InChI is InChI=1S/C10H21N.C9H4/c1-3-4-8-11-9-6-5-7-10(11)2;1-3-5-7-9-8-6-4-2/h10H,3-9H2,1-2H3;1H,2H3. The lowest BCUT2D eigenvalue weighted by atomic mass is 10.0. The van der Waals surface area contributed by atoms with E-state index in [0.717, 1.165) is 6.04 Å². The third-order valence-electron chi connectivity index (χ3n) is 3.19. The van der Waals surface area contributed by atoms with E-state index in [1.54, 1.807) is 6.92 Å². The molecule has 0 N–H and O–H groups in total. The molecule has 1 aliphatic heterocycles. The van der Waals surface area contributed by atoms with Crippen LogP contribution in [0.15, 0.2) is 0 Å². The molecule has 1 heterocycles. The molecule has 0 aromatic rings. The fourth-order valence-corrected chi connectivity index (χ4v) is 2.04. The summed E-state index contributed by atoms with van der Waals surface area (Å²) in [4.78, 5) is 2.65. The SMILES string of the molecule is C#CC#CC#CC#CC.CCCCN1CCCCC1C. The minimum atomic E-state index is 0.857. The van der Waals surface area contributed by atoms with Gasteiger partial charge in [-0.05, 0) is 81.7 Å². The van der Waals surface area contributed by atoms with Crippen molar-refractivity contribution in [2.75, 3.05) is 13.1 Å². The van der Waals surface area contributed by atoms with Crippen LogP contribution in [0, 0.1) is 47.9 Å². The molecule has 0 bridgehead atoms. The largest absolute Gasteiger partial charge is 0.301 e. The Morgan fingerprint density at radius 3 is 2.40 bits per heavy atom. The maximum absolute atomic E-state index is 4.82. The van der Waals surface area contributed by atoms with Crippen LogP contribution in [-0.4, -0.2) is 24.0 Å². The van der Waals surface area contributed by atoms with Crippen molar-refractivity contribution < 1.29 is 0 Å². The van der Waals surface area contributed by atoms with Crippen molar-refractivity contribution in [2.24, 2.45) is 0 Å². The average Bonchev–Trinajstić information content (AvgIpc) is 2.47. The zero-order valence-electron chi connectivity index (χ0n) is 13.1. The van der Waals surface area contributed by atoms with Gasteiger partial charge in [-0.15, -0.1) is 6.42 Å². The molecule has 0 aliphatic carbocycles. The molecule has 1 rings (SSSR count). The lowest BCUT2D eigenvalue weighted by Crippen LogP contribution is -2.37. The lowest BCUT2D eigenvalue weighted by molar-refractivity contribution is 0.158. The Bertz CT molecular complexity index is 462. The highest BCUT2D eigenvalue weighted by Gasteiger charge is 2.16. The number of likely N-dealkylation sites (tertiary alicyclic amines) is 1. The van der Waals surface area contributed by atoms with Crippen molar-refractivity contribution >= 4 is 0 Å². The first-order valence-corrected chi connectivity index (χ1v) is 7.37. The van der Waals surface area contributed by atoms with Crippen LogP contribution < -0.4 is 0 Å². The van der Waals surface area contributed by atoms with Gasteiger partial charge in [-0.25, -0.2) is 0 Å². The Hall–Kier alpha value is -1.80. The summed E-state index contributed by atoms with van der Waals surface area (Å²) >= 11 is 0. The van der Waals surface area contributed by atoms with E-state index in [1.165, 1.54) is 45.2 Å². The summed E-state index contributed by atoms with van der Waals surface area (Å²) in [5.74, 6) is 17.0. The molecule has 0 aromatic heterocycles. The van der Waals surface area contributed by atoms with Gasteiger partial charge in [0.25, 0.3) is 0 Å². The minimum Gasteiger partial charge on any atom is -0.301 e. The van der Waals surface area contributed by atoms with Crippen LogP contribution in [0.25, 0.3) is 0 Å². The Labute approximate surface area is 125 Å². The Balaban J connectivity index is 0.000000370. The van der Waals surface area contributed by atoms with Gasteiger partial charge in [0.15, 0.2) is 0 Å². The van der Waals surface area contributed by atoms with E-state index in [0.29, 0.717) is 0 Å². The second-order valence-electron chi connectivity index (χ2n) is 4.75. The van der Waals surface area contributed by atoms with E-state index < -0.39 is 0 Å². The number of nitrogens with zero attached hydrogens (tertiary/aromatic N) is 1. The quantitative estimate of drug-likeness (QED) is 0.709. The van der Waals surface area contributed by atoms with E-state index >= 15 is 0 Å². The van der Waals surface area contributed by atoms with Crippen molar-refractivity contribution in [2.45, 2.75) is 58.9 Å². The van der Waals surface area contributed by atoms with Crippen molar-refractivity contribution in [3.8, 4) is 47.9 Å². The molecular formula is C19H25N. The number of rotatable bonds is 3. The van der Waals surface area contributed by atoms with Gasteiger partial charge >= 0.3 is 0 Å². The molecule has 20 heavy (non-hydrogen) atoms. The van der Waals surface area contributed by atoms with Gasteiger partial charge in [-0.2, -0.15) is 0 Å². The van der Waals surface area contributed by atoms with E-state index in [2.05, 4.69) is 60.2 Å². The Kier molecular flexibility index (Phi) is 12.4. The lowest BCUT2D eigenvalue weighted by Gasteiger charge is -2.33. The van der Waals surface area contributed by atoms with E-state index in [1.807, 2.05) is 0 Å². The van der Waals surface area contributed by atoms with Crippen molar-refractivity contribution in [1.29, 1.82) is 0 Å². The molecule has 0 amide bonds. The summed E-state index contributed by atoms with van der Waals surface area (Å²) in [6.07, 6.45) is 11.8. The van der Waals surface area contributed by atoms with Gasteiger partial charge in [0, 0.05) is 6.04 Å². The molecule has 1 nitrogen and oxygen atoms in total. The summed E-state index contributed by atoms with van der Waals surface area (Å²) in [6, 6.07) is 0.857. The Morgan fingerprint density at radius 2 is 1.80 bits per heavy atom.